The second-order valence-electron chi connectivity index (χ2n) is 8.12. The molecule has 2 aromatic carbocycles. The van der Waals surface area contributed by atoms with Crippen LogP contribution < -0.4 is 5.32 Å². The van der Waals surface area contributed by atoms with Crippen LogP contribution in [0.15, 0.2) is 59.6 Å². The summed E-state index contributed by atoms with van der Waals surface area (Å²) in [5.41, 5.74) is 2.37. The van der Waals surface area contributed by atoms with Crippen LogP contribution >= 0.6 is 0 Å². The molecule has 164 valence electrons. The van der Waals surface area contributed by atoms with Gasteiger partial charge in [-0.15, -0.1) is 0 Å². The average Bonchev–Trinajstić information content (AvgIpc) is 3.20. The number of hydrogen-bond donors (Lipinski definition) is 1. The van der Waals surface area contributed by atoms with Crippen LogP contribution in [-0.2, 0) is 16.6 Å². The van der Waals surface area contributed by atoms with Crippen LogP contribution in [0.2, 0.25) is 0 Å². The van der Waals surface area contributed by atoms with E-state index in [1.807, 2.05) is 19.1 Å². The Hall–Kier alpha value is -2.64. The third-order valence-corrected chi connectivity index (χ3v) is 7.84. The number of sulfonamides is 1. The number of aryl methyl sites for hydroxylation is 2. The van der Waals surface area contributed by atoms with Gasteiger partial charge in [-0.1, -0.05) is 30.7 Å². The molecule has 2 heterocycles. The maximum absolute atomic E-state index is 13.0. The summed E-state index contributed by atoms with van der Waals surface area (Å²) in [4.78, 5) is 13.0. The smallest absolute Gasteiger partial charge is 0.251 e. The number of piperidine rings is 1. The van der Waals surface area contributed by atoms with Crippen molar-refractivity contribution in [1.29, 1.82) is 0 Å². The number of para-hydroxylation sites is 1. The molecule has 1 amide bonds. The summed E-state index contributed by atoms with van der Waals surface area (Å²) < 4.78 is 29.6. The number of amides is 1. The van der Waals surface area contributed by atoms with Crippen molar-refractivity contribution < 1.29 is 13.2 Å². The van der Waals surface area contributed by atoms with Gasteiger partial charge in [0.1, 0.15) is 0 Å². The highest BCUT2D eigenvalue weighted by Gasteiger charge is 2.27. The number of fused-ring (bicyclic) bond motifs is 1. The fourth-order valence-corrected chi connectivity index (χ4v) is 5.69. The van der Waals surface area contributed by atoms with Crippen molar-refractivity contribution in [2.24, 2.45) is 0 Å². The average molecular weight is 440 g/mol. The Kier molecular flexibility index (Phi) is 6.43. The molecular weight excluding hydrogens is 410 g/mol. The van der Waals surface area contributed by atoms with Crippen LogP contribution in [0.4, 0.5) is 0 Å². The van der Waals surface area contributed by atoms with E-state index >= 15 is 0 Å². The molecule has 1 saturated heterocycles. The van der Waals surface area contributed by atoms with E-state index in [1.54, 1.807) is 12.1 Å². The highest BCUT2D eigenvalue weighted by Crippen LogP contribution is 2.23. The Morgan fingerprint density at radius 1 is 1.03 bits per heavy atom. The first kappa shape index (κ1) is 21.6. The van der Waals surface area contributed by atoms with E-state index in [-0.39, 0.29) is 10.8 Å². The summed E-state index contributed by atoms with van der Waals surface area (Å²) in [6, 6.07) is 15.2. The first-order chi connectivity index (χ1) is 15.0. The topological polar surface area (TPSA) is 71.4 Å². The third-order valence-electron chi connectivity index (χ3n) is 5.95. The largest absolute Gasteiger partial charge is 0.352 e. The summed E-state index contributed by atoms with van der Waals surface area (Å²) >= 11 is 0. The first-order valence-electron chi connectivity index (χ1n) is 10.9. The van der Waals surface area contributed by atoms with Crippen LogP contribution in [0.1, 0.15) is 41.6 Å². The number of carbonyl (C=O) groups excluding carboxylic acids is 1. The Morgan fingerprint density at radius 2 is 1.81 bits per heavy atom. The molecule has 3 aromatic rings. The van der Waals surface area contributed by atoms with Crippen LogP contribution in [0.5, 0.6) is 0 Å². The lowest BCUT2D eigenvalue weighted by Crippen LogP contribution is -2.35. The molecule has 0 spiro atoms. The van der Waals surface area contributed by atoms with Crippen molar-refractivity contribution >= 4 is 26.8 Å². The van der Waals surface area contributed by atoms with E-state index in [0.29, 0.717) is 25.2 Å². The number of nitrogens with zero attached hydrogens (tertiary/aromatic N) is 2. The van der Waals surface area contributed by atoms with Crippen LogP contribution in [0.3, 0.4) is 0 Å². The van der Waals surface area contributed by atoms with Gasteiger partial charge < -0.3 is 9.88 Å². The van der Waals surface area contributed by atoms with Crippen LogP contribution in [0.25, 0.3) is 10.9 Å². The van der Waals surface area contributed by atoms with Crippen LogP contribution in [0, 0.1) is 6.92 Å². The molecule has 0 bridgehead atoms. The minimum Gasteiger partial charge on any atom is -0.352 e. The number of carbonyl (C=O) groups is 1. The van der Waals surface area contributed by atoms with Crippen molar-refractivity contribution in [3.63, 3.8) is 0 Å². The Morgan fingerprint density at radius 3 is 2.61 bits per heavy atom. The van der Waals surface area contributed by atoms with E-state index in [0.717, 1.165) is 37.8 Å². The Balaban J connectivity index is 1.39. The van der Waals surface area contributed by atoms with Crippen molar-refractivity contribution in [3.05, 3.63) is 65.9 Å². The lowest BCUT2D eigenvalue weighted by Gasteiger charge is -2.26. The van der Waals surface area contributed by atoms with Crippen molar-refractivity contribution in [3.8, 4) is 0 Å². The fraction of sp³-hybridized carbons (Fsp3) is 0.375. The van der Waals surface area contributed by atoms with E-state index in [1.165, 1.54) is 21.3 Å². The zero-order valence-corrected chi connectivity index (χ0v) is 18.7. The van der Waals surface area contributed by atoms with Crippen LogP contribution in [-0.4, -0.2) is 42.8 Å². The summed E-state index contributed by atoms with van der Waals surface area (Å²) in [6.07, 6.45) is 5.68. The van der Waals surface area contributed by atoms with Gasteiger partial charge in [0.05, 0.1) is 4.90 Å². The van der Waals surface area contributed by atoms with Gasteiger partial charge in [0.15, 0.2) is 0 Å². The number of hydrogen-bond acceptors (Lipinski definition) is 3. The molecule has 0 saturated carbocycles. The molecular formula is C24H29N3O3S. The molecule has 1 fully saturated rings. The summed E-state index contributed by atoms with van der Waals surface area (Å²) in [5.74, 6) is -0.231. The SMILES string of the molecule is Cc1ccc(S(=O)(=O)N2CCCCC2)cc1C(=O)NCCCn1ccc2ccccc21. The molecule has 1 N–H and O–H groups in total. The molecule has 4 rings (SSSR count). The van der Waals surface area contributed by atoms with Gasteiger partial charge in [-0.05, 0) is 61.4 Å². The lowest BCUT2D eigenvalue weighted by atomic mass is 10.1. The van der Waals surface area contributed by atoms with E-state index in [2.05, 4.69) is 34.3 Å². The first-order valence-corrected chi connectivity index (χ1v) is 12.3. The minimum atomic E-state index is -3.56. The lowest BCUT2D eigenvalue weighted by molar-refractivity contribution is 0.0952. The van der Waals surface area contributed by atoms with Gasteiger partial charge >= 0.3 is 0 Å². The molecule has 1 aliphatic heterocycles. The van der Waals surface area contributed by atoms with E-state index in [4.69, 9.17) is 0 Å². The molecule has 6 nitrogen and oxygen atoms in total. The van der Waals surface area contributed by atoms with Gasteiger partial charge in [0.2, 0.25) is 10.0 Å². The molecule has 1 aliphatic rings. The van der Waals surface area contributed by atoms with Gasteiger partial charge in [-0.3, -0.25) is 4.79 Å². The quantitative estimate of drug-likeness (QED) is 0.567. The second-order valence-corrected chi connectivity index (χ2v) is 10.1. The zero-order chi connectivity index (χ0) is 21.8. The van der Waals surface area contributed by atoms with Gasteiger partial charge in [-0.2, -0.15) is 4.31 Å². The monoisotopic (exact) mass is 439 g/mol. The van der Waals surface area contributed by atoms with Gasteiger partial charge in [-0.25, -0.2) is 8.42 Å². The van der Waals surface area contributed by atoms with E-state index in [9.17, 15) is 13.2 Å². The summed E-state index contributed by atoms with van der Waals surface area (Å²) in [7, 11) is -3.56. The molecule has 0 aliphatic carbocycles. The van der Waals surface area contributed by atoms with Crippen molar-refractivity contribution in [2.75, 3.05) is 19.6 Å². The van der Waals surface area contributed by atoms with Crippen molar-refractivity contribution in [2.45, 2.75) is 44.0 Å². The molecule has 0 unspecified atom stereocenters. The number of benzene rings is 2. The summed E-state index contributed by atoms with van der Waals surface area (Å²) in [5, 5.41) is 4.15. The molecule has 7 heteroatoms. The summed E-state index contributed by atoms with van der Waals surface area (Å²) in [6.45, 7) is 4.25. The zero-order valence-electron chi connectivity index (χ0n) is 17.9. The number of rotatable bonds is 7. The minimum absolute atomic E-state index is 0.198. The normalized spacial score (nSPS) is 15.3. The van der Waals surface area contributed by atoms with Crippen molar-refractivity contribution in [1.82, 2.24) is 14.2 Å². The second kappa shape index (κ2) is 9.24. The molecule has 1 aromatic heterocycles. The molecule has 31 heavy (non-hydrogen) atoms. The number of aromatic nitrogens is 1. The maximum Gasteiger partial charge on any atom is 0.251 e. The van der Waals surface area contributed by atoms with E-state index < -0.39 is 10.0 Å². The third kappa shape index (κ3) is 4.67. The standard InChI is InChI=1S/C24H29N3O3S/c1-19-10-11-21(31(29,30)27-15-5-2-6-16-27)18-22(19)24(28)25-13-7-14-26-17-12-20-8-3-4-9-23(20)26/h3-4,8-12,17-18H,2,5-7,13-16H2,1H3,(H,25,28). The number of nitrogens with one attached hydrogen (secondary N) is 1. The van der Waals surface area contributed by atoms with Gasteiger partial charge in [0, 0.05) is 43.5 Å². The van der Waals surface area contributed by atoms with Gasteiger partial charge in [0.25, 0.3) is 5.91 Å². The maximum atomic E-state index is 13.0. The Labute approximate surface area is 183 Å². The predicted molar refractivity (Wildman–Crippen MR) is 123 cm³/mol. The molecule has 0 atom stereocenters. The predicted octanol–water partition coefficient (Wildman–Crippen LogP) is 3.94. The highest BCUT2D eigenvalue weighted by atomic mass is 32.2. The fourth-order valence-electron chi connectivity index (χ4n) is 4.14. The Bertz CT molecular complexity index is 1180. The highest BCUT2D eigenvalue weighted by molar-refractivity contribution is 7.89. The molecule has 0 radical (unpaired) electrons.